The van der Waals surface area contributed by atoms with Gasteiger partial charge in [0.05, 0.1) is 12.4 Å². The zero-order valence-corrected chi connectivity index (χ0v) is 7.72. The van der Waals surface area contributed by atoms with Crippen molar-refractivity contribution in [2.24, 2.45) is 0 Å². The van der Waals surface area contributed by atoms with Gasteiger partial charge in [0, 0.05) is 6.07 Å². The minimum Gasteiger partial charge on any atom is -0.477 e. The lowest BCUT2D eigenvalue weighted by Gasteiger charge is -1.97. The van der Waals surface area contributed by atoms with Crippen molar-refractivity contribution >= 4 is 5.97 Å². The number of rotatable bonds is 2. The second-order valence-corrected chi connectivity index (χ2v) is 2.85. The van der Waals surface area contributed by atoms with Crippen LogP contribution >= 0.6 is 0 Å². The summed E-state index contributed by atoms with van der Waals surface area (Å²) in [6, 6.07) is 0.884. The molecule has 0 bridgehead atoms. The molecule has 2 N–H and O–H groups in total. The lowest BCUT2D eigenvalue weighted by molar-refractivity contribution is 0.0690. The fraction of sp³-hybridized carbons (Fsp3) is 0. The molecule has 82 valence electrons. The Labute approximate surface area is 87.2 Å². The molecule has 2 aromatic rings. The van der Waals surface area contributed by atoms with E-state index in [9.17, 15) is 14.0 Å². The van der Waals surface area contributed by atoms with E-state index in [0.717, 1.165) is 23.1 Å². The zero-order chi connectivity index (χ0) is 11.7. The van der Waals surface area contributed by atoms with Crippen molar-refractivity contribution in [1.29, 1.82) is 0 Å². The third-order valence-corrected chi connectivity index (χ3v) is 1.76. The van der Waals surface area contributed by atoms with Crippen molar-refractivity contribution in [3.8, 4) is 5.95 Å². The van der Waals surface area contributed by atoms with Crippen LogP contribution < -0.4 is 5.56 Å². The number of halogens is 1. The summed E-state index contributed by atoms with van der Waals surface area (Å²) in [5.41, 5.74) is -0.929. The molecule has 0 aliphatic heterocycles. The molecule has 0 atom stereocenters. The molecule has 0 saturated heterocycles. The molecule has 2 rings (SSSR count). The lowest BCUT2D eigenvalue weighted by Crippen LogP contribution is -2.16. The van der Waals surface area contributed by atoms with E-state index >= 15 is 0 Å². The standard InChI is InChI=1S/C8H5FN4O3/c9-4-2-10-8(11-3-4)13-6(14)1-5(12-13)7(15)16/h1-3,12H,(H,15,16). The molecule has 7 nitrogen and oxygen atoms in total. The van der Waals surface area contributed by atoms with Crippen molar-refractivity contribution in [3.05, 3.63) is 40.3 Å². The molecule has 0 saturated carbocycles. The highest BCUT2D eigenvalue weighted by molar-refractivity contribution is 5.85. The number of carboxylic acids is 1. The van der Waals surface area contributed by atoms with Crippen molar-refractivity contribution in [2.45, 2.75) is 0 Å². The molecule has 2 aromatic heterocycles. The Kier molecular flexibility index (Phi) is 2.24. The Morgan fingerprint density at radius 1 is 1.44 bits per heavy atom. The number of carboxylic acid groups (broad SMARTS) is 1. The maximum absolute atomic E-state index is 12.5. The number of carbonyl (C=O) groups is 1. The molecule has 0 amide bonds. The van der Waals surface area contributed by atoms with Crippen LogP contribution in [0.4, 0.5) is 4.39 Å². The van der Waals surface area contributed by atoms with Crippen LogP contribution in [-0.4, -0.2) is 30.8 Å². The summed E-state index contributed by atoms with van der Waals surface area (Å²) in [5, 5.41) is 10.9. The quantitative estimate of drug-likeness (QED) is 0.735. The maximum Gasteiger partial charge on any atom is 0.353 e. The molecular formula is C8H5FN4O3. The lowest BCUT2D eigenvalue weighted by atomic mass is 10.4. The van der Waals surface area contributed by atoms with E-state index in [1.807, 2.05) is 0 Å². The SMILES string of the molecule is O=C(O)c1cc(=O)n(-c2ncc(F)cn2)[nH]1. The van der Waals surface area contributed by atoms with E-state index in [1.165, 1.54) is 0 Å². The van der Waals surface area contributed by atoms with E-state index in [-0.39, 0.29) is 11.6 Å². The molecule has 0 aliphatic carbocycles. The summed E-state index contributed by atoms with van der Waals surface area (Å²) >= 11 is 0. The van der Waals surface area contributed by atoms with Gasteiger partial charge in [0.15, 0.2) is 5.82 Å². The van der Waals surface area contributed by atoms with E-state index in [0.29, 0.717) is 0 Å². The first-order chi connectivity index (χ1) is 7.58. The first kappa shape index (κ1) is 10.0. The second-order valence-electron chi connectivity index (χ2n) is 2.85. The van der Waals surface area contributed by atoms with Crippen LogP contribution in [0.3, 0.4) is 0 Å². The topological polar surface area (TPSA) is 101 Å². The molecule has 16 heavy (non-hydrogen) atoms. The van der Waals surface area contributed by atoms with Gasteiger partial charge >= 0.3 is 5.97 Å². The predicted octanol–water partition coefficient (Wildman–Crippen LogP) is -0.207. The van der Waals surface area contributed by atoms with Gasteiger partial charge in [0.2, 0.25) is 0 Å². The zero-order valence-electron chi connectivity index (χ0n) is 7.72. The first-order valence-electron chi connectivity index (χ1n) is 4.11. The first-order valence-corrected chi connectivity index (χ1v) is 4.11. The molecule has 0 aromatic carbocycles. The number of nitrogens with one attached hydrogen (secondary N) is 1. The fourth-order valence-corrected chi connectivity index (χ4v) is 1.07. The molecule has 0 fully saturated rings. The van der Waals surface area contributed by atoms with Gasteiger partial charge in [-0.1, -0.05) is 0 Å². The van der Waals surface area contributed by atoms with Crippen molar-refractivity contribution in [2.75, 3.05) is 0 Å². The predicted molar refractivity (Wildman–Crippen MR) is 48.9 cm³/mol. The molecule has 0 unspecified atom stereocenters. The van der Waals surface area contributed by atoms with Crippen LogP contribution in [0.5, 0.6) is 0 Å². The number of nitrogens with zero attached hydrogens (tertiary/aromatic N) is 3. The van der Waals surface area contributed by atoms with Crippen LogP contribution in [0.2, 0.25) is 0 Å². The fourth-order valence-electron chi connectivity index (χ4n) is 1.07. The largest absolute Gasteiger partial charge is 0.477 e. The van der Waals surface area contributed by atoms with Gasteiger partial charge in [0.1, 0.15) is 5.69 Å². The summed E-state index contributed by atoms with van der Waals surface area (Å²) in [5.74, 6) is -2.06. The summed E-state index contributed by atoms with van der Waals surface area (Å²) in [7, 11) is 0. The highest BCUT2D eigenvalue weighted by atomic mass is 19.1. The number of aromatic carboxylic acids is 1. The van der Waals surface area contributed by atoms with Gasteiger partial charge in [-0.05, 0) is 0 Å². The van der Waals surface area contributed by atoms with E-state index < -0.39 is 17.3 Å². The average molecular weight is 224 g/mol. The summed E-state index contributed by atoms with van der Waals surface area (Å²) < 4.78 is 13.3. The minimum atomic E-state index is -1.28. The van der Waals surface area contributed by atoms with Gasteiger partial charge in [0.25, 0.3) is 11.5 Å². The average Bonchev–Trinajstić information content (AvgIpc) is 2.62. The van der Waals surface area contributed by atoms with E-state index in [1.54, 1.807) is 0 Å². The van der Waals surface area contributed by atoms with Gasteiger partial charge in [-0.2, -0.15) is 4.68 Å². The Bertz CT molecular complexity index is 586. The molecule has 0 aliphatic rings. The molecule has 2 heterocycles. The van der Waals surface area contributed by atoms with Crippen molar-refractivity contribution in [1.82, 2.24) is 19.7 Å². The van der Waals surface area contributed by atoms with Gasteiger partial charge in [-0.25, -0.2) is 19.2 Å². The molecular weight excluding hydrogens is 219 g/mol. The highest BCUT2D eigenvalue weighted by Gasteiger charge is 2.11. The van der Waals surface area contributed by atoms with Crippen LogP contribution in [-0.2, 0) is 0 Å². The summed E-state index contributed by atoms with van der Waals surface area (Å²) in [6.45, 7) is 0. The van der Waals surface area contributed by atoms with Crippen LogP contribution in [0.15, 0.2) is 23.3 Å². The van der Waals surface area contributed by atoms with Crippen LogP contribution in [0.25, 0.3) is 5.95 Å². The normalized spacial score (nSPS) is 10.3. The number of aromatic amines is 1. The number of H-pyrrole nitrogens is 1. The van der Waals surface area contributed by atoms with Crippen molar-refractivity contribution < 1.29 is 14.3 Å². The molecule has 0 radical (unpaired) electrons. The smallest absolute Gasteiger partial charge is 0.353 e. The van der Waals surface area contributed by atoms with Gasteiger partial charge < -0.3 is 5.11 Å². The number of hydrogen-bond donors (Lipinski definition) is 2. The Morgan fingerprint density at radius 3 is 2.56 bits per heavy atom. The Hall–Kier alpha value is -2.51. The Balaban J connectivity index is 2.52. The maximum atomic E-state index is 12.5. The van der Waals surface area contributed by atoms with Crippen LogP contribution in [0, 0.1) is 5.82 Å². The second kappa shape index (κ2) is 3.57. The number of aromatic nitrogens is 4. The monoisotopic (exact) mass is 224 g/mol. The van der Waals surface area contributed by atoms with E-state index in [4.69, 9.17) is 5.11 Å². The minimum absolute atomic E-state index is 0.126. The summed E-state index contributed by atoms with van der Waals surface area (Å²) in [4.78, 5) is 29.0. The third kappa shape index (κ3) is 1.67. The highest BCUT2D eigenvalue weighted by Crippen LogP contribution is 1.98. The third-order valence-electron chi connectivity index (χ3n) is 1.76. The Morgan fingerprint density at radius 2 is 2.06 bits per heavy atom. The van der Waals surface area contributed by atoms with Gasteiger partial charge in [-0.3, -0.25) is 9.89 Å². The molecule has 0 spiro atoms. The number of hydrogen-bond acceptors (Lipinski definition) is 4. The van der Waals surface area contributed by atoms with Crippen LogP contribution in [0.1, 0.15) is 10.5 Å². The van der Waals surface area contributed by atoms with Gasteiger partial charge in [-0.15, -0.1) is 0 Å². The van der Waals surface area contributed by atoms with Crippen molar-refractivity contribution in [3.63, 3.8) is 0 Å². The summed E-state index contributed by atoms with van der Waals surface area (Å²) in [6.07, 6.45) is 1.74. The molecule has 8 heteroatoms. The van der Waals surface area contributed by atoms with E-state index in [2.05, 4.69) is 15.1 Å².